The van der Waals surface area contributed by atoms with Gasteiger partial charge in [-0.15, -0.1) is 0 Å². The molecule has 0 spiro atoms. The summed E-state index contributed by atoms with van der Waals surface area (Å²) in [7, 11) is 0. The van der Waals surface area contributed by atoms with Gasteiger partial charge in [0.15, 0.2) is 0 Å². The van der Waals surface area contributed by atoms with Crippen molar-refractivity contribution in [1.82, 2.24) is 30.7 Å². The molecule has 0 unspecified atom stereocenters. The Morgan fingerprint density at radius 2 is 0.758 bits per heavy atom. The van der Waals surface area contributed by atoms with Gasteiger partial charge in [0.25, 0.3) is 0 Å². The van der Waals surface area contributed by atoms with Crippen LogP contribution in [-0.4, -0.2) is 108 Å². The zero-order valence-corrected chi connectivity index (χ0v) is 18.5. The summed E-state index contributed by atoms with van der Waals surface area (Å²) >= 11 is 0. The van der Waals surface area contributed by atoms with Crippen LogP contribution in [0.4, 0.5) is 0 Å². The van der Waals surface area contributed by atoms with Crippen molar-refractivity contribution in [2.24, 2.45) is 0 Å². The number of hydrogen-bond acceptors (Lipinski definition) is 6. The zero-order valence-electron chi connectivity index (χ0n) is 18.5. The summed E-state index contributed by atoms with van der Waals surface area (Å²) in [5, 5.41) is 7.79. The Bertz CT molecular complexity index is 687. The summed E-state index contributed by atoms with van der Waals surface area (Å²) in [6.45, 7) is 0.361. The van der Waals surface area contributed by atoms with Crippen molar-refractivity contribution in [3.8, 4) is 0 Å². The number of nitrogens with one attached hydrogen (secondary N) is 3. The predicted octanol–water partition coefficient (Wildman–Crippen LogP) is -2.68. The maximum Gasteiger partial charge on any atom is 0.243 e. The molecule has 0 radical (unpaired) electrons. The van der Waals surface area contributed by atoms with Crippen LogP contribution in [0.5, 0.6) is 0 Å². The summed E-state index contributed by atoms with van der Waals surface area (Å²) in [4.78, 5) is 80.5. The standard InChI is InChI=1S/C21H30N6O6/c28-16-10-23-20(32)14-5-2-9-27(14)18(30)12-24-21(33)15-6-3-8-26(15)17(29)11-22-19(31)13-4-1-7-25(13)16/h13-15H,1-12H2,(H,22,31)(H,23,32)(H,24,33)/t13-,14-,15+/m0/s1. The van der Waals surface area contributed by atoms with E-state index in [2.05, 4.69) is 16.0 Å². The first-order valence-corrected chi connectivity index (χ1v) is 11.6. The molecule has 0 aromatic rings. The van der Waals surface area contributed by atoms with Gasteiger partial charge >= 0.3 is 0 Å². The second kappa shape index (κ2) is 9.75. The van der Waals surface area contributed by atoms with Crippen molar-refractivity contribution in [3.05, 3.63) is 0 Å². The molecule has 4 aliphatic rings. The molecule has 0 aromatic heterocycles. The first-order valence-electron chi connectivity index (χ1n) is 11.6. The molecule has 0 saturated carbocycles. The van der Waals surface area contributed by atoms with E-state index in [1.807, 2.05) is 0 Å². The number of carbonyl (C=O) groups excluding carboxylic acids is 6. The van der Waals surface area contributed by atoms with Crippen molar-refractivity contribution >= 4 is 35.4 Å². The molecule has 4 heterocycles. The molecular weight excluding hydrogens is 432 g/mol. The fraction of sp³-hybridized carbons (Fsp3) is 0.714. The highest BCUT2D eigenvalue weighted by Crippen LogP contribution is 2.20. The van der Waals surface area contributed by atoms with Crippen LogP contribution in [-0.2, 0) is 28.8 Å². The van der Waals surface area contributed by atoms with E-state index in [-0.39, 0.29) is 37.4 Å². The van der Waals surface area contributed by atoms with E-state index in [1.165, 1.54) is 14.7 Å². The number of rotatable bonds is 0. The quantitative estimate of drug-likeness (QED) is 0.357. The molecule has 0 bridgehead atoms. The largest absolute Gasteiger partial charge is 0.345 e. The van der Waals surface area contributed by atoms with Gasteiger partial charge in [-0.1, -0.05) is 0 Å². The topological polar surface area (TPSA) is 148 Å². The van der Waals surface area contributed by atoms with Crippen LogP contribution in [0, 0.1) is 0 Å². The summed E-state index contributed by atoms with van der Waals surface area (Å²) in [5.41, 5.74) is 0. The number of hydrogen-bond donors (Lipinski definition) is 3. The maximum atomic E-state index is 12.7. The first-order chi connectivity index (χ1) is 15.9. The van der Waals surface area contributed by atoms with Gasteiger partial charge in [0, 0.05) is 19.6 Å². The SMILES string of the molecule is O=C1NCC(=O)N2CCC[C@H]2C(=O)NCC(=O)N2CCC[C@H]2C(=O)NCC(=O)N2CCC[C@H]12. The van der Waals surface area contributed by atoms with Crippen molar-refractivity contribution in [2.75, 3.05) is 39.3 Å². The Hall–Kier alpha value is -3.18. The Morgan fingerprint density at radius 1 is 0.485 bits per heavy atom. The molecule has 12 heteroatoms. The second-order valence-electron chi connectivity index (χ2n) is 8.89. The number of nitrogens with zero attached hydrogens (tertiary/aromatic N) is 3. The van der Waals surface area contributed by atoms with Gasteiger partial charge in [0.1, 0.15) is 18.1 Å². The lowest BCUT2D eigenvalue weighted by Crippen LogP contribution is -2.55. The van der Waals surface area contributed by atoms with E-state index in [0.717, 1.165) is 0 Å². The van der Waals surface area contributed by atoms with Crippen LogP contribution < -0.4 is 16.0 Å². The van der Waals surface area contributed by atoms with Crippen molar-refractivity contribution in [2.45, 2.75) is 56.7 Å². The first kappa shape index (κ1) is 23.0. The Morgan fingerprint density at radius 3 is 1.03 bits per heavy atom. The molecule has 4 saturated heterocycles. The van der Waals surface area contributed by atoms with Gasteiger partial charge in [-0.05, 0) is 38.5 Å². The minimum Gasteiger partial charge on any atom is -0.345 e. The summed E-state index contributed by atoms with van der Waals surface area (Å²) < 4.78 is 0. The Balaban J connectivity index is 1.53. The highest BCUT2D eigenvalue weighted by molar-refractivity contribution is 5.96. The summed E-state index contributed by atoms with van der Waals surface area (Å²) in [6.07, 6.45) is 3.35. The van der Waals surface area contributed by atoms with Gasteiger partial charge in [-0.2, -0.15) is 0 Å². The monoisotopic (exact) mass is 462 g/mol. The molecule has 6 amide bonds. The van der Waals surface area contributed by atoms with E-state index >= 15 is 0 Å². The third-order valence-electron chi connectivity index (χ3n) is 6.87. The summed E-state index contributed by atoms with van der Waals surface area (Å²) in [5.74, 6) is -2.40. The van der Waals surface area contributed by atoms with Gasteiger partial charge in [0.05, 0.1) is 19.6 Å². The Kier molecular flexibility index (Phi) is 6.80. The molecule has 4 rings (SSSR count). The molecule has 4 fully saturated rings. The second-order valence-corrected chi connectivity index (χ2v) is 8.89. The number of carbonyl (C=O) groups is 6. The van der Waals surface area contributed by atoms with Crippen molar-refractivity contribution in [3.63, 3.8) is 0 Å². The molecule has 4 aliphatic heterocycles. The van der Waals surface area contributed by atoms with E-state index in [0.29, 0.717) is 58.2 Å². The average molecular weight is 463 g/mol. The third-order valence-corrected chi connectivity index (χ3v) is 6.87. The maximum absolute atomic E-state index is 12.7. The molecule has 3 atom stereocenters. The van der Waals surface area contributed by atoms with Crippen molar-refractivity contribution < 1.29 is 28.8 Å². The molecule has 0 aromatic carbocycles. The minimum absolute atomic E-state index is 0.272. The molecular formula is C21H30N6O6. The highest BCUT2D eigenvalue weighted by Gasteiger charge is 2.39. The van der Waals surface area contributed by atoms with Crippen molar-refractivity contribution in [1.29, 1.82) is 0 Å². The van der Waals surface area contributed by atoms with Crippen LogP contribution in [0.3, 0.4) is 0 Å². The van der Waals surface area contributed by atoms with E-state index in [9.17, 15) is 28.8 Å². The Labute approximate surface area is 191 Å². The fourth-order valence-corrected chi connectivity index (χ4v) is 5.16. The minimum atomic E-state index is -0.705. The normalized spacial score (nSPS) is 30.2. The lowest BCUT2D eigenvalue weighted by atomic mass is 10.2. The third kappa shape index (κ3) is 4.79. The number of amides is 6. The highest BCUT2D eigenvalue weighted by atomic mass is 16.2. The van der Waals surface area contributed by atoms with E-state index in [1.54, 1.807) is 0 Å². The van der Waals surface area contributed by atoms with Gasteiger partial charge in [-0.3, -0.25) is 28.8 Å². The van der Waals surface area contributed by atoms with Crippen LogP contribution >= 0.6 is 0 Å². The fourth-order valence-electron chi connectivity index (χ4n) is 5.16. The molecule has 33 heavy (non-hydrogen) atoms. The van der Waals surface area contributed by atoms with Crippen LogP contribution in [0.25, 0.3) is 0 Å². The van der Waals surface area contributed by atoms with Crippen LogP contribution in [0.1, 0.15) is 38.5 Å². The average Bonchev–Trinajstić information content (AvgIpc) is 3.57. The van der Waals surface area contributed by atoms with E-state index < -0.39 is 35.8 Å². The van der Waals surface area contributed by atoms with Gasteiger partial charge in [0.2, 0.25) is 35.4 Å². The summed E-state index contributed by atoms with van der Waals surface area (Å²) in [6, 6.07) is -2.12. The molecule has 180 valence electrons. The van der Waals surface area contributed by atoms with Crippen LogP contribution in [0.15, 0.2) is 0 Å². The van der Waals surface area contributed by atoms with E-state index in [4.69, 9.17) is 0 Å². The lowest BCUT2D eigenvalue weighted by Gasteiger charge is -2.28. The smallest absolute Gasteiger partial charge is 0.243 e. The molecule has 3 N–H and O–H groups in total. The molecule has 12 nitrogen and oxygen atoms in total. The van der Waals surface area contributed by atoms with Crippen LogP contribution in [0.2, 0.25) is 0 Å². The zero-order chi connectivity index (χ0) is 23.5. The lowest BCUT2D eigenvalue weighted by molar-refractivity contribution is -0.143. The number of fused-ring (bicyclic) bond motifs is 3. The predicted molar refractivity (Wildman–Crippen MR) is 113 cm³/mol. The van der Waals surface area contributed by atoms with Gasteiger partial charge in [-0.25, -0.2) is 0 Å². The van der Waals surface area contributed by atoms with Gasteiger partial charge < -0.3 is 30.7 Å². The molecule has 0 aliphatic carbocycles.